The molecule has 0 spiro atoms. The quantitative estimate of drug-likeness (QED) is 0.630. The minimum Gasteiger partial charge on any atom is -0.372 e. The molecule has 2 aromatic carbocycles. The zero-order chi connectivity index (χ0) is 19.9. The van der Waals surface area contributed by atoms with Crippen LogP contribution in [0.25, 0.3) is 0 Å². The lowest BCUT2D eigenvalue weighted by Gasteiger charge is -2.21. The van der Waals surface area contributed by atoms with Gasteiger partial charge in [0.15, 0.2) is 0 Å². The van der Waals surface area contributed by atoms with E-state index in [0.717, 1.165) is 35.7 Å². The van der Waals surface area contributed by atoms with E-state index in [9.17, 15) is 4.79 Å². The minimum absolute atomic E-state index is 0.273. The Morgan fingerprint density at radius 2 is 1.71 bits per heavy atom. The molecule has 1 heterocycles. The first kappa shape index (κ1) is 19.4. The third-order valence-corrected chi connectivity index (χ3v) is 4.44. The fraction of sp³-hybridized carbons (Fsp3) is 0.227. The second-order valence-corrected chi connectivity index (χ2v) is 6.46. The summed E-state index contributed by atoms with van der Waals surface area (Å²) in [6.45, 7) is 8.16. The molecule has 0 aliphatic carbocycles. The molecule has 6 heteroatoms. The fourth-order valence-electron chi connectivity index (χ4n) is 2.96. The van der Waals surface area contributed by atoms with Crippen molar-refractivity contribution in [1.29, 1.82) is 0 Å². The average Bonchev–Trinajstić information content (AvgIpc) is 2.70. The van der Waals surface area contributed by atoms with Gasteiger partial charge in [0.25, 0.3) is 5.91 Å². The second kappa shape index (κ2) is 8.99. The van der Waals surface area contributed by atoms with Gasteiger partial charge in [-0.3, -0.25) is 4.79 Å². The highest BCUT2D eigenvalue weighted by atomic mass is 16.1. The van der Waals surface area contributed by atoms with Crippen molar-refractivity contribution in [1.82, 2.24) is 9.97 Å². The van der Waals surface area contributed by atoms with E-state index in [-0.39, 0.29) is 5.91 Å². The number of carbonyl (C=O) groups excluding carboxylic acids is 1. The van der Waals surface area contributed by atoms with Crippen molar-refractivity contribution in [3.63, 3.8) is 0 Å². The Kier molecular flexibility index (Phi) is 6.22. The van der Waals surface area contributed by atoms with Crippen molar-refractivity contribution in [2.24, 2.45) is 0 Å². The molecule has 3 aromatic rings. The summed E-state index contributed by atoms with van der Waals surface area (Å²) >= 11 is 0. The first-order valence-corrected chi connectivity index (χ1v) is 9.41. The molecule has 0 saturated carbocycles. The number of hydrogen-bond acceptors (Lipinski definition) is 5. The van der Waals surface area contributed by atoms with Crippen LogP contribution in [0.15, 0.2) is 60.9 Å². The number of carbonyl (C=O) groups is 1. The normalized spacial score (nSPS) is 10.4. The summed E-state index contributed by atoms with van der Waals surface area (Å²) in [4.78, 5) is 23.1. The summed E-state index contributed by atoms with van der Waals surface area (Å²) in [6, 6.07) is 17.4. The summed E-state index contributed by atoms with van der Waals surface area (Å²) in [7, 11) is 0. The third-order valence-electron chi connectivity index (χ3n) is 4.44. The molecule has 0 radical (unpaired) electrons. The predicted molar refractivity (Wildman–Crippen MR) is 114 cm³/mol. The van der Waals surface area contributed by atoms with Crippen LogP contribution in [0.4, 0.5) is 22.9 Å². The van der Waals surface area contributed by atoms with Gasteiger partial charge in [-0.2, -0.15) is 0 Å². The second-order valence-electron chi connectivity index (χ2n) is 6.46. The molecule has 28 heavy (non-hydrogen) atoms. The molecule has 1 aromatic heterocycles. The topological polar surface area (TPSA) is 70.2 Å². The van der Waals surface area contributed by atoms with Crippen molar-refractivity contribution in [2.45, 2.75) is 20.8 Å². The van der Waals surface area contributed by atoms with Crippen LogP contribution in [-0.2, 0) is 0 Å². The third kappa shape index (κ3) is 4.85. The van der Waals surface area contributed by atoms with E-state index < -0.39 is 0 Å². The zero-order valence-corrected chi connectivity index (χ0v) is 16.4. The lowest BCUT2D eigenvalue weighted by molar-refractivity contribution is 0.102. The number of nitrogens with one attached hydrogen (secondary N) is 2. The highest BCUT2D eigenvalue weighted by Crippen LogP contribution is 2.19. The molecule has 0 aliphatic rings. The molecule has 0 unspecified atom stereocenters. The van der Waals surface area contributed by atoms with E-state index in [2.05, 4.69) is 39.3 Å². The molecule has 0 fully saturated rings. The number of hydrogen-bond donors (Lipinski definition) is 2. The van der Waals surface area contributed by atoms with Crippen molar-refractivity contribution < 1.29 is 4.79 Å². The number of nitrogens with zero attached hydrogens (tertiary/aromatic N) is 3. The van der Waals surface area contributed by atoms with Crippen molar-refractivity contribution in [3.05, 3.63) is 72.2 Å². The zero-order valence-electron chi connectivity index (χ0n) is 16.4. The molecule has 0 aliphatic heterocycles. The maximum Gasteiger partial charge on any atom is 0.274 e. The molecule has 0 bridgehead atoms. The Hall–Kier alpha value is -3.41. The molecular weight excluding hydrogens is 350 g/mol. The number of amides is 1. The number of benzene rings is 2. The van der Waals surface area contributed by atoms with E-state index in [4.69, 9.17) is 0 Å². The summed E-state index contributed by atoms with van der Waals surface area (Å²) in [5.74, 6) is 0.299. The van der Waals surface area contributed by atoms with Crippen LogP contribution in [0.3, 0.4) is 0 Å². The smallest absolute Gasteiger partial charge is 0.274 e. The van der Waals surface area contributed by atoms with E-state index in [1.165, 1.54) is 6.33 Å². The van der Waals surface area contributed by atoms with Crippen LogP contribution in [-0.4, -0.2) is 29.0 Å². The monoisotopic (exact) mass is 375 g/mol. The van der Waals surface area contributed by atoms with Gasteiger partial charge in [-0.15, -0.1) is 0 Å². The average molecular weight is 375 g/mol. The molecule has 3 rings (SSSR count). The van der Waals surface area contributed by atoms with Gasteiger partial charge >= 0.3 is 0 Å². The van der Waals surface area contributed by atoms with Gasteiger partial charge in [-0.1, -0.05) is 12.1 Å². The van der Waals surface area contributed by atoms with Gasteiger partial charge in [0.1, 0.15) is 17.8 Å². The maximum atomic E-state index is 12.6. The molecule has 1 amide bonds. The van der Waals surface area contributed by atoms with E-state index in [1.807, 2.05) is 55.5 Å². The Morgan fingerprint density at radius 1 is 0.964 bits per heavy atom. The van der Waals surface area contributed by atoms with Gasteiger partial charge in [0.05, 0.1) is 0 Å². The van der Waals surface area contributed by atoms with Gasteiger partial charge in [0.2, 0.25) is 0 Å². The maximum absolute atomic E-state index is 12.6. The number of aryl methyl sites for hydroxylation is 1. The number of anilines is 4. The standard InChI is InChI=1S/C22H25N5O/c1-4-27(5-2)19-11-9-17(10-12-19)26-22(28)20-14-21(24-15-23-20)25-18-8-6-7-16(3)13-18/h6-15H,4-5H2,1-3H3,(H,26,28)(H,23,24,25). The van der Waals surface area contributed by atoms with Crippen molar-refractivity contribution in [2.75, 3.05) is 28.6 Å². The van der Waals surface area contributed by atoms with E-state index in [1.54, 1.807) is 6.07 Å². The van der Waals surface area contributed by atoms with Crippen molar-refractivity contribution >= 4 is 28.8 Å². The number of aromatic nitrogens is 2. The molecule has 0 saturated heterocycles. The van der Waals surface area contributed by atoms with Crippen LogP contribution in [0.5, 0.6) is 0 Å². The Bertz CT molecular complexity index is 936. The van der Waals surface area contributed by atoms with E-state index in [0.29, 0.717) is 11.5 Å². The van der Waals surface area contributed by atoms with Crippen LogP contribution in [0, 0.1) is 6.92 Å². The molecule has 144 valence electrons. The highest BCUT2D eigenvalue weighted by molar-refractivity contribution is 6.03. The summed E-state index contributed by atoms with van der Waals surface area (Å²) in [5, 5.41) is 6.09. The lowest BCUT2D eigenvalue weighted by atomic mass is 10.2. The molecule has 6 nitrogen and oxygen atoms in total. The largest absolute Gasteiger partial charge is 0.372 e. The first-order valence-electron chi connectivity index (χ1n) is 9.41. The van der Waals surface area contributed by atoms with Gasteiger partial charge < -0.3 is 15.5 Å². The van der Waals surface area contributed by atoms with Crippen LogP contribution in [0.1, 0.15) is 29.9 Å². The van der Waals surface area contributed by atoms with Crippen LogP contribution in [0.2, 0.25) is 0 Å². The fourth-order valence-corrected chi connectivity index (χ4v) is 2.96. The van der Waals surface area contributed by atoms with Gasteiger partial charge in [-0.05, 0) is 62.7 Å². The molecular formula is C22H25N5O. The first-order chi connectivity index (χ1) is 13.6. The Labute approximate surface area is 165 Å². The van der Waals surface area contributed by atoms with Gasteiger partial charge in [-0.25, -0.2) is 9.97 Å². The van der Waals surface area contributed by atoms with Crippen molar-refractivity contribution in [3.8, 4) is 0 Å². The van der Waals surface area contributed by atoms with Crippen LogP contribution < -0.4 is 15.5 Å². The Morgan fingerprint density at radius 3 is 2.39 bits per heavy atom. The molecule has 0 atom stereocenters. The van der Waals surface area contributed by atoms with Gasteiger partial charge in [0, 0.05) is 36.2 Å². The van der Waals surface area contributed by atoms with E-state index >= 15 is 0 Å². The summed E-state index contributed by atoms with van der Waals surface area (Å²) < 4.78 is 0. The lowest BCUT2D eigenvalue weighted by Crippen LogP contribution is -2.21. The predicted octanol–water partition coefficient (Wildman–Crippen LogP) is 4.63. The molecule has 2 N–H and O–H groups in total. The highest BCUT2D eigenvalue weighted by Gasteiger charge is 2.10. The SMILES string of the molecule is CCN(CC)c1ccc(NC(=O)c2cc(Nc3cccc(C)c3)ncn2)cc1. The summed E-state index contributed by atoms with van der Waals surface area (Å²) in [6.07, 6.45) is 1.39. The van der Waals surface area contributed by atoms with Crippen LogP contribution >= 0.6 is 0 Å². The minimum atomic E-state index is -0.273. The summed E-state index contributed by atoms with van der Waals surface area (Å²) in [5.41, 5.74) is 4.22. The Balaban J connectivity index is 1.69. The number of rotatable bonds is 7.